The van der Waals surface area contributed by atoms with Crippen molar-refractivity contribution >= 4 is 17.3 Å². The largest absolute Gasteiger partial charge is 0.457 e. The topological polar surface area (TPSA) is 73.1 Å². The van der Waals surface area contributed by atoms with Crippen LogP contribution in [0.15, 0.2) is 48.6 Å². The lowest BCUT2D eigenvalue weighted by molar-refractivity contribution is 0.151. The Kier molecular flexibility index (Phi) is 5.48. The first-order chi connectivity index (χ1) is 10.6. The smallest absolute Gasteiger partial charge is 0.316 e. The zero-order chi connectivity index (χ0) is 15.9. The zero-order valence-electron chi connectivity index (χ0n) is 11.3. The number of ether oxygens (including phenoxy) is 1. The Morgan fingerprint density at radius 2 is 2.09 bits per heavy atom. The third-order valence-electron chi connectivity index (χ3n) is 2.57. The standard InChI is InChI=1S/C14H13ClF2N4O/c15-12-3-2-10(6-11(12)13(16)17)21-7-9(18)8-22-14-19-4-1-5-20-14/h1-7,13,21H,8,18H2/b9-7-. The SMILES string of the molecule is N/C(=C\Nc1ccc(Cl)c(C(F)F)c1)COc1ncccn1. The first kappa shape index (κ1) is 16.0. The van der Waals surface area contributed by atoms with Crippen molar-refractivity contribution in [1.29, 1.82) is 0 Å². The second-order valence-electron chi connectivity index (χ2n) is 4.22. The second kappa shape index (κ2) is 7.56. The summed E-state index contributed by atoms with van der Waals surface area (Å²) in [5.41, 5.74) is 6.29. The molecule has 116 valence electrons. The van der Waals surface area contributed by atoms with E-state index in [0.29, 0.717) is 11.4 Å². The van der Waals surface area contributed by atoms with Gasteiger partial charge >= 0.3 is 6.01 Å². The van der Waals surface area contributed by atoms with Crippen LogP contribution in [0, 0.1) is 0 Å². The maximum absolute atomic E-state index is 12.7. The van der Waals surface area contributed by atoms with Crippen molar-refractivity contribution in [2.75, 3.05) is 11.9 Å². The van der Waals surface area contributed by atoms with Crippen LogP contribution in [0.3, 0.4) is 0 Å². The predicted octanol–water partition coefficient (Wildman–Crippen LogP) is 3.36. The molecule has 0 aliphatic carbocycles. The van der Waals surface area contributed by atoms with E-state index in [1.807, 2.05) is 0 Å². The molecule has 0 unspecified atom stereocenters. The van der Waals surface area contributed by atoms with Crippen molar-refractivity contribution in [3.63, 3.8) is 0 Å². The third kappa shape index (κ3) is 4.56. The molecule has 0 fully saturated rings. The number of alkyl halides is 2. The van der Waals surface area contributed by atoms with Crippen LogP contribution in [-0.2, 0) is 0 Å². The fourth-order valence-electron chi connectivity index (χ4n) is 1.53. The predicted molar refractivity (Wildman–Crippen MR) is 79.8 cm³/mol. The zero-order valence-corrected chi connectivity index (χ0v) is 12.1. The van der Waals surface area contributed by atoms with Crippen molar-refractivity contribution in [3.8, 4) is 6.01 Å². The molecule has 2 aromatic rings. The van der Waals surface area contributed by atoms with E-state index in [2.05, 4.69) is 15.3 Å². The molecule has 0 aliphatic rings. The van der Waals surface area contributed by atoms with Crippen LogP contribution in [0.2, 0.25) is 5.02 Å². The van der Waals surface area contributed by atoms with Gasteiger partial charge in [0.25, 0.3) is 6.43 Å². The molecule has 1 heterocycles. The lowest BCUT2D eigenvalue weighted by atomic mass is 10.2. The van der Waals surface area contributed by atoms with E-state index in [1.165, 1.54) is 18.3 Å². The van der Waals surface area contributed by atoms with Crippen LogP contribution >= 0.6 is 11.6 Å². The van der Waals surface area contributed by atoms with Crippen LogP contribution in [0.1, 0.15) is 12.0 Å². The second-order valence-corrected chi connectivity index (χ2v) is 4.63. The van der Waals surface area contributed by atoms with Gasteiger partial charge in [-0.2, -0.15) is 0 Å². The Balaban J connectivity index is 1.94. The number of hydrogen-bond acceptors (Lipinski definition) is 5. The average molecular weight is 327 g/mol. The molecule has 0 atom stereocenters. The number of nitrogens with one attached hydrogen (secondary N) is 1. The maximum atomic E-state index is 12.7. The summed E-state index contributed by atoms with van der Waals surface area (Å²) in [6.45, 7) is 0.0618. The highest BCUT2D eigenvalue weighted by atomic mass is 35.5. The highest BCUT2D eigenvalue weighted by Gasteiger charge is 2.12. The van der Waals surface area contributed by atoms with Gasteiger partial charge in [0.15, 0.2) is 0 Å². The van der Waals surface area contributed by atoms with Crippen LogP contribution < -0.4 is 15.8 Å². The van der Waals surface area contributed by atoms with E-state index < -0.39 is 6.43 Å². The lowest BCUT2D eigenvalue weighted by Crippen LogP contribution is -2.12. The van der Waals surface area contributed by atoms with Crippen LogP contribution in [0.5, 0.6) is 6.01 Å². The molecule has 2 rings (SSSR count). The first-order valence-corrected chi connectivity index (χ1v) is 6.62. The third-order valence-corrected chi connectivity index (χ3v) is 2.91. The van der Waals surface area contributed by atoms with Gasteiger partial charge in [-0.25, -0.2) is 18.7 Å². The molecule has 1 aromatic heterocycles. The Hall–Kier alpha value is -2.41. The van der Waals surface area contributed by atoms with E-state index >= 15 is 0 Å². The molecule has 3 N–H and O–H groups in total. The van der Waals surface area contributed by atoms with E-state index in [9.17, 15) is 8.78 Å². The summed E-state index contributed by atoms with van der Waals surface area (Å²) in [5.74, 6) is 0. The number of rotatable bonds is 6. The van der Waals surface area contributed by atoms with Gasteiger partial charge in [0.2, 0.25) is 0 Å². The number of aromatic nitrogens is 2. The summed E-state index contributed by atoms with van der Waals surface area (Å²) < 4.78 is 30.7. The monoisotopic (exact) mass is 326 g/mol. The van der Waals surface area contributed by atoms with Gasteiger partial charge in [-0.15, -0.1) is 0 Å². The Bertz CT molecular complexity index is 653. The summed E-state index contributed by atoms with van der Waals surface area (Å²) in [4.78, 5) is 7.75. The number of anilines is 1. The summed E-state index contributed by atoms with van der Waals surface area (Å²) in [7, 11) is 0. The molecule has 0 saturated heterocycles. The molecule has 0 spiro atoms. The Morgan fingerprint density at radius 3 is 2.77 bits per heavy atom. The maximum Gasteiger partial charge on any atom is 0.316 e. The minimum Gasteiger partial charge on any atom is -0.457 e. The van der Waals surface area contributed by atoms with E-state index in [1.54, 1.807) is 24.5 Å². The minimum absolute atomic E-state index is 0.0158. The summed E-state index contributed by atoms with van der Waals surface area (Å²) in [6, 6.07) is 6.08. The fourth-order valence-corrected chi connectivity index (χ4v) is 1.73. The Labute approximate surface area is 130 Å². The molecule has 0 radical (unpaired) electrons. The molecule has 1 aromatic carbocycles. The molecule has 0 saturated carbocycles. The van der Waals surface area contributed by atoms with Crippen LogP contribution in [-0.4, -0.2) is 16.6 Å². The van der Waals surface area contributed by atoms with Gasteiger partial charge in [0.1, 0.15) is 6.61 Å². The molecule has 22 heavy (non-hydrogen) atoms. The molecular weight excluding hydrogens is 314 g/mol. The number of nitrogens with two attached hydrogens (primary N) is 1. The van der Waals surface area contributed by atoms with Gasteiger partial charge < -0.3 is 15.8 Å². The lowest BCUT2D eigenvalue weighted by Gasteiger charge is -2.08. The van der Waals surface area contributed by atoms with Gasteiger partial charge in [-0.3, -0.25) is 0 Å². The highest BCUT2D eigenvalue weighted by molar-refractivity contribution is 6.31. The van der Waals surface area contributed by atoms with Crippen molar-refractivity contribution in [2.45, 2.75) is 6.43 Å². The summed E-state index contributed by atoms with van der Waals surface area (Å²) in [5, 5.41) is 2.82. The molecule has 0 aliphatic heterocycles. The summed E-state index contributed by atoms with van der Waals surface area (Å²) in [6.07, 6.45) is 1.89. The van der Waals surface area contributed by atoms with Gasteiger partial charge in [0, 0.05) is 34.9 Å². The van der Waals surface area contributed by atoms with Crippen molar-refractivity contribution < 1.29 is 13.5 Å². The van der Waals surface area contributed by atoms with Gasteiger partial charge in [0.05, 0.1) is 5.70 Å². The number of nitrogens with zero attached hydrogens (tertiary/aromatic N) is 2. The highest BCUT2D eigenvalue weighted by Crippen LogP contribution is 2.29. The van der Waals surface area contributed by atoms with Crippen molar-refractivity contribution in [2.24, 2.45) is 5.73 Å². The molecule has 8 heteroatoms. The van der Waals surface area contributed by atoms with Crippen LogP contribution in [0.4, 0.5) is 14.5 Å². The average Bonchev–Trinajstić information content (AvgIpc) is 2.53. The minimum atomic E-state index is -2.64. The van der Waals surface area contributed by atoms with Crippen molar-refractivity contribution in [1.82, 2.24) is 9.97 Å². The number of benzene rings is 1. The summed E-state index contributed by atoms with van der Waals surface area (Å²) >= 11 is 5.69. The van der Waals surface area contributed by atoms with Gasteiger partial charge in [-0.05, 0) is 24.3 Å². The van der Waals surface area contributed by atoms with E-state index in [-0.39, 0.29) is 23.2 Å². The van der Waals surface area contributed by atoms with Crippen LogP contribution in [0.25, 0.3) is 0 Å². The molecule has 0 bridgehead atoms. The molecule has 5 nitrogen and oxygen atoms in total. The molecule has 0 amide bonds. The van der Waals surface area contributed by atoms with Gasteiger partial charge in [-0.1, -0.05) is 11.6 Å². The molecular formula is C14H13ClF2N4O. The number of halogens is 3. The van der Waals surface area contributed by atoms with Crippen molar-refractivity contribution in [3.05, 3.63) is 59.1 Å². The van der Waals surface area contributed by atoms with E-state index in [4.69, 9.17) is 22.1 Å². The first-order valence-electron chi connectivity index (χ1n) is 6.24. The Morgan fingerprint density at radius 1 is 1.36 bits per heavy atom. The normalized spacial score (nSPS) is 11.5. The van der Waals surface area contributed by atoms with E-state index in [0.717, 1.165) is 0 Å². The quantitative estimate of drug-likeness (QED) is 0.851. The number of hydrogen-bond donors (Lipinski definition) is 2. The fraction of sp³-hybridized carbons (Fsp3) is 0.143.